The third-order valence-corrected chi connectivity index (χ3v) is 5.28. The van der Waals surface area contributed by atoms with E-state index in [1.54, 1.807) is 24.5 Å². The van der Waals surface area contributed by atoms with E-state index >= 15 is 0 Å². The molecule has 0 fully saturated rings. The van der Waals surface area contributed by atoms with Crippen molar-refractivity contribution in [3.63, 3.8) is 0 Å². The Balaban J connectivity index is 1.89. The number of hydrogen-bond acceptors (Lipinski definition) is 4. The number of benzene rings is 1. The maximum Gasteiger partial charge on any atom is 0.237 e. The summed E-state index contributed by atoms with van der Waals surface area (Å²) in [7, 11) is 1.66. The lowest BCUT2D eigenvalue weighted by atomic mass is 9.93. The molecule has 1 aliphatic heterocycles. The van der Waals surface area contributed by atoms with Gasteiger partial charge in [0.1, 0.15) is 5.75 Å². The van der Waals surface area contributed by atoms with Gasteiger partial charge in [0.2, 0.25) is 5.91 Å². The van der Waals surface area contributed by atoms with Crippen molar-refractivity contribution < 1.29 is 9.53 Å². The van der Waals surface area contributed by atoms with Crippen LogP contribution in [-0.4, -0.2) is 37.6 Å². The van der Waals surface area contributed by atoms with Crippen molar-refractivity contribution in [3.8, 4) is 5.75 Å². The number of rotatable bonds is 6. The predicted octanol–water partition coefficient (Wildman–Crippen LogP) is 3.01. The van der Waals surface area contributed by atoms with Gasteiger partial charge in [0.25, 0.3) is 0 Å². The molecule has 0 spiro atoms. The molecule has 1 N–H and O–H groups in total. The van der Waals surface area contributed by atoms with Crippen molar-refractivity contribution in [1.29, 1.82) is 0 Å². The average Bonchev–Trinajstić information content (AvgIpc) is 3.10. The van der Waals surface area contributed by atoms with E-state index in [-0.39, 0.29) is 11.9 Å². The van der Waals surface area contributed by atoms with Crippen molar-refractivity contribution >= 4 is 17.2 Å². The number of amides is 1. The number of carbonyl (C=O) groups is 1. The molecule has 1 aromatic heterocycles. The average molecular weight is 342 g/mol. The van der Waals surface area contributed by atoms with Crippen molar-refractivity contribution in [1.82, 2.24) is 10.2 Å². The SMILES string of the molecule is C=CCNCC(=O)N1CCc2sccc2C1c1ccc(OC)cc1. The molecule has 4 nitrogen and oxygen atoms in total. The van der Waals surface area contributed by atoms with Gasteiger partial charge in [-0.3, -0.25) is 4.79 Å². The molecule has 0 saturated carbocycles. The van der Waals surface area contributed by atoms with Crippen molar-refractivity contribution in [2.75, 3.05) is 26.7 Å². The van der Waals surface area contributed by atoms with Gasteiger partial charge in [-0.05, 0) is 41.1 Å². The summed E-state index contributed by atoms with van der Waals surface area (Å²) < 4.78 is 5.25. The highest BCUT2D eigenvalue weighted by molar-refractivity contribution is 7.10. The second-order valence-electron chi connectivity index (χ2n) is 5.73. The Bertz CT molecular complexity index is 708. The van der Waals surface area contributed by atoms with E-state index in [2.05, 4.69) is 23.3 Å². The Morgan fingerprint density at radius 2 is 2.21 bits per heavy atom. The smallest absolute Gasteiger partial charge is 0.237 e. The van der Waals surface area contributed by atoms with Gasteiger partial charge >= 0.3 is 0 Å². The Kier molecular flexibility index (Phi) is 5.33. The third kappa shape index (κ3) is 3.37. The van der Waals surface area contributed by atoms with E-state index in [1.165, 1.54) is 10.4 Å². The van der Waals surface area contributed by atoms with Crippen LogP contribution < -0.4 is 10.1 Å². The normalized spacial score (nSPS) is 16.5. The van der Waals surface area contributed by atoms with Crippen molar-refractivity contribution in [3.05, 3.63) is 64.4 Å². The Morgan fingerprint density at radius 3 is 2.92 bits per heavy atom. The zero-order valence-corrected chi connectivity index (χ0v) is 14.6. The van der Waals surface area contributed by atoms with E-state index in [9.17, 15) is 4.79 Å². The molecule has 0 radical (unpaired) electrons. The highest BCUT2D eigenvalue weighted by Gasteiger charge is 2.32. The van der Waals surface area contributed by atoms with Crippen LogP contribution in [0.4, 0.5) is 0 Å². The Hall–Kier alpha value is -2.11. The lowest BCUT2D eigenvalue weighted by Gasteiger charge is -2.36. The van der Waals surface area contributed by atoms with Gasteiger partial charge < -0.3 is 15.0 Å². The van der Waals surface area contributed by atoms with E-state index < -0.39 is 0 Å². The molecule has 1 unspecified atom stereocenters. The number of hydrogen-bond donors (Lipinski definition) is 1. The number of fused-ring (bicyclic) bond motifs is 1. The predicted molar refractivity (Wildman–Crippen MR) is 97.6 cm³/mol. The van der Waals surface area contributed by atoms with Crippen molar-refractivity contribution in [2.45, 2.75) is 12.5 Å². The molecular weight excluding hydrogens is 320 g/mol. The van der Waals surface area contributed by atoms with Crippen LogP contribution in [0.2, 0.25) is 0 Å². The quantitative estimate of drug-likeness (QED) is 0.648. The fourth-order valence-electron chi connectivity index (χ4n) is 3.11. The van der Waals surface area contributed by atoms with Gasteiger partial charge in [-0.2, -0.15) is 0 Å². The Morgan fingerprint density at radius 1 is 1.42 bits per heavy atom. The van der Waals surface area contributed by atoms with Gasteiger partial charge in [0.15, 0.2) is 0 Å². The van der Waals surface area contributed by atoms with Crippen LogP contribution in [0.5, 0.6) is 5.75 Å². The number of ether oxygens (including phenoxy) is 1. The maximum absolute atomic E-state index is 12.7. The molecule has 3 rings (SSSR count). The Labute approximate surface area is 146 Å². The molecular formula is C19H22N2O2S. The van der Waals surface area contributed by atoms with Gasteiger partial charge in [-0.1, -0.05) is 18.2 Å². The van der Waals surface area contributed by atoms with Gasteiger partial charge in [0, 0.05) is 18.0 Å². The molecule has 1 aromatic carbocycles. The first-order valence-electron chi connectivity index (χ1n) is 8.06. The molecule has 2 aromatic rings. The van der Waals surface area contributed by atoms with Crippen LogP contribution in [-0.2, 0) is 11.2 Å². The van der Waals surface area contributed by atoms with Gasteiger partial charge in [-0.15, -0.1) is 17.9 Å². The molecule has 1 aliphatic rings. The number of nitrogens with zero attached hydrogens (tertiary/aromatic N) is 1. The van der Waals surface area contributed by atoms with Crippen LogP contribution in [0.25, 0.3) is 0 Å². The number of methoxy groups -OCH3 is 1. The number of nitrogens with one attached hydrogen (secondary N) is 1. The first-order chi connectivity index (χ1) is 11.7. The maximum atomic E-state index is 12.7. The molecule has 0 aliphatic carbocycles. The third-order valence-electron chi connectivity index (χ3n) is 4.28. The van der Waals surface area contributed by atoms with E-state index in [0.29, 0.717) is 13.1 Å². The van der Waals surface area contributed by atoms with Gasteiger partial charge in [-0.25, -0.2) is 0 Å². The van der Waals surface area contributed by atoms with E-state index in [4.69, 9.17) is 4.74 Å². The highest BCUT2D eigenvalue weighted by Crippen LogP contribution is 2.38. The topological polar surface area (TPSA) is 41.6 Å². The van der Waals surface area contributed by atoms with Crippen LogP contribution in [0.1, 0.15) is 22.0 Å². The summed E-state index contributed by atoms with van der Waals surface area (Å²) in [6.07, 6.45) is 2.69. The minimum Gasteiger partial charge on any atom is -0.497 e. The zero-order valence-electron chi connectivity index (χ0n) is 13.8. The summed E-state index contributed by atoms with van der Waals surface area (Å²) in [6, 6.07) is 10.1. The zero-order chi connectivity index (χ0) is 16.9. The van der Waals surface area contributed by atoms with Crippen LogP contribution in [0, 0.1) is 0 Å². The standard InChI is InChI=1S/C19H22N2O2S/c1-3-10-20-13-18(22)21-11-8-17-16(9-12-24-17)19(21)14-4-6-15(23-2)7-5-14/h3-7,9,12,19-20H,1,8,10-11,13H2,2H3. The van der Waals surface area contributed by atoms with Crippen LogP contribution in [0.15, 0.2) is 48.4 Å². The molecule has 0 saturated heterocycles. The highest BCUT2D eigenvalue weighted by atomic mass is 32.1. The second-order valence-corrected chi connectivity index (χ2v) is 6.73. The largest absolute Gasteiger partial charge is 0.497 e. The number of carbonyl (C=O) groups excluding carboxylic acids is 1. The minimum absolute atomic E-state index is 0.0241. The van der Waals surface area contributed by atoms with Crippen molar-refractivity contribution in [2.24, 2.45) is 0 Å². The fourth-order valence-corrected chi connectivity index (χ4v) is 4.02. The van der Waals surface area contributed by atoms with Crippen LogP contribution in [0.3, 0.4) is 0 Å². The minimum atomic E-state index is -0.0241. The molecule has 2 heterocycles. The van der Waals surface area contributed by atoms with Gasteiger partial charge in [0.05, 0.1) is 19.7 Å². The lowest BCUT2D eigenvalue weighted by molar-refractivity contribution is -0.132. The monoisotopic (exact) mass is 342 g/mol. The summed E-state index contributed by atoms with van der Waals surface area (Å²) in [4.78, 5) is 16.1. The first kappa shape index (κ1) is 16.7. The molecule has 5 heteroatoms. The van der Waals surface area contributed by atoms with E-state index in [1.807, 2.05) is 29.2 Å². The second kappa shape index (κ2) is 7.64. The fraction of sp³-hybridized carbons (Fsp3) is 0.316. The summed E-state index contributed by atoms with van der Waals surface area (Å²) in [5.74, 6) is 0.945. The molecule has 0 bridgehead atoms. The molecule has 1 amide bonds. The lowest BCUT2D eigenvalue weighted by Crippen LogP contribution is -2.44. The summed E-state index contributed by atoms with van der Waals surface area (Å²) in [6.45, 7) is 5.39. The molecule has 1 atom stereocenters. The summed E-state index contributed by atoms with van der Waals surface area (Å²) in [5, 5.41) is 5.23. The number of thiophene rings is 1. The molecule has 24 heavy (non-hydrogen) atoms. The van der Waals surface area contributed by atoms with Crippen LogP contribution >= 0.6 is 11.3 Å². The first-order valence-corrected chi connectivity index (χ1v) is 8.94. The summed E-state index contributed by atoms with van der Waals surface area (Å²) >= 11 is 1.78. The molecule has 126 valence electrons. The van der Waals surface area contributed by atoms with E-state index in [0.717, 1.165) is 24.3 Å². The summed E-state index contributed by atoms with van der Waals surface area (Å²) in [5.41, 5.74) is 2.36.